The second kappa shape index (κ2) is 7.94. The van der Waals surface area contributed by atoms with Gasteiger partial charge in [0.2, 0.25) is 0 Å². The Morgan fingerprint density at radius 3 is 2.24 bits per heavy atom. The van der Waals surface area contributed by atoms with Crippen molar-refractivity contribution in [3.05, 3.63) is 101 Å². The molecule has 0 aliphatic rings. The lowest BCUT2D eigenvalue weighted by Gasteiger charge is -2.07. The molecule has 0 bridgehead atoms. The number of rotatable bonds is 5. The minimum absolute atomic E-state index is 0.258. The van der Waals surface area contributed by atoms with Gasteiger partial charge in [-0.25, -0.2) is 4.39 Å². The summed E-state index contributed by atoms with van der Waals surface area (Å²) in [7, 11) is 0. The molecule has 0 aromatic heterocycles. The van der Waals surface area contributed by atoms with E-state index in [2.05, 4.69) is 6.07 Å². The van der Waals surface area contributed by atoms with Gasteiger partial charge in [0.1, 0.15) is 18.2 Å². The van der Waals surface area contributed by atoms with Crippen LogP contribution in [0.4, 0.5) is 4.39 Å². The second-order valence-corrected chi connectivity index (χ2v) is 5.52. The quantitative estimate of drug-likeness (QED) is 0.459. The molecule has 0 spiro atoms. The maximum atomic E-state index is 12.9. The first-order chi connectivity index (χ1) is 12.2. The van der Waals surface area contributed by atoms with Crippen LogP contribution in [-0.2, 0) is 6.61 Å². The van der Waals surface area contributed by atoms with Gasteiger partial charge >= 0.3 is 0 Å². The normalized spacial score (nSPS) is 11.0. The van der Waals surface area contributed by atoms with Crippen LogP contribution in [0.1, 0.15) is 16.7 Å². The van der Waals surface area contributed by atoms with Gasteiger partial charge in [-0.05, 0) is 47.0 Å². The largest absolute Gasteiger partial charge is 0.489 e. The minimum atomic E-state index is -0.258. The van der Waals surface area contributed by atoms with Crippen molar-refractivity contribution in [1.29, 1.82) is 5.26 Å². The zero-order valence-electron chi connectivity index (χ0n) is 13.5. The van der Waals surface area contributed by atoms with Crippen molar-refractivity contribution in [1.82, 2.24) is 0 Å². The number of nitriles is 1. The fraction of sp³-hybridized carbons (Fsp3) is 0.0455. The highest BCUT2D eigenvalue weighted by atomic mass is 19.1. The Morgan fingerprint density at radius 1 is 0.920 bits per heavy atom. The maximum absolute atomic E-state index is 12.9. The molecule has 0 saturated heterocycles. The summed E-state index contributed by atoms with van der Waals surface area (Å²) in [4.78, 5) is 0. The lowest BCUT2D eigenvalue weighted by Crippen LogP contribution is -1.95. The summed E-state index contributed by atoms with van der Waals surface area (Å²) in [6, 6.07) is 25.5. The van der Waals surface area contributed by atoms with E-state index in [1.54, 1.807) is 12.1 Å². The van der Waals surface area contributed by atoms with E-state index in [0.29, 0.717) is 12.2 Å². The molecule has 3 rings (SSSR count). The number of benzene rings is 3. The summed E-state index contributed by atoms with van der Waals surface area (Å²) in [6.07, 6.45) is 1.85. The van der Waals surface area contributed by atoms with Gasteiger partial charge in [-0.1, -0.05) is 54.6 Å². The van der Waals surface area contributed by atoms with Crippen molar-refractivity contribution in [2.45, 2.75) is 6.61 Å². The second-order valence-electron chi connectivity index (χ2n) is 5.52. The van der Waals surface area contributed by atoms with Gasteiger partial charge in [0.05, 0.1) is 11.6 Å². The van der Waals surface area contributed by atoms with Gasteiger partial charge < -0.3 is 4.74 Å². The predicted octanol–water partition coefficient (Wildman–Crippen LogP) is 5.47. The van der Waals surface area contributed by atoms with Crippen LogP contribution in [0, 0.1) is 17.1 Å². The number of hydrogen-bond donors (Lipinski definition) is 0. The molecular weight excluding hydrogens is 313 g/mol. The number of hydrogen-bond acceptors (Lipinski definition) is 2. The molecule has 0 aliphatic heterocycles. The summed E-state index contributed by atoms with van der Waals surface area (Å²) >= 11 is 0. The average molecular weight is 329 g/mol. The summed E-state index contributed by atoms with van der Waals surface area (Å²) in [6.45, 7) is 0.378. The first-order valence-electron chi connectivity index (χ1n) is 7.89. The first-order valence-corrected chi connectivity index (χ1v) is 7.89. The Morgan fingerprint density at radius 2 is 1.60 bits per heavy atom. The standard InChI is InChI=1S/C22H16FNO/c23-21-10-6-18(7-11-21)16-25-22-12-8-17(9-13-22)14-20(15-24)19-4-2-1-3-5-19/h1-14H,16H2/b20-14+. The number of nitrogens with zero attached hydrogens (tertiary/aromatic N) is 1. The molecule has 0 fully saturated rings. The molecule has 0 unspecified atom stereocenters. The zero-order valence-corrected chi connectivity index (χ0v) is 13.5. The summed E-state index contributed by atoms with van der Waals surface area (Å²) in [5.41, 5.74) is 3.33. The van der Waals surface area contributed by atoms with Crippen LogP contribution in [0.2, 0.25) is 0 Å². The molecule has 0 aliphatic carbocycles. The van der Waals surface area contributed by atoms with Gasteiger partial charge in [0.15, 0.2) is 0 Å². The fourth-order valence-electron chi connectivity index (χ4n) is 2.37. The highest BCUT2D eigenvalue weighted by Crippen LogP contribution is 2.20. The van der Waals surface area contributed by atoms with Crippen molar-refractivity contribution < 1.29 is 9.13 Å². The van der Waals surface area contributed by atoms with Gasteiger partial charge in [0, 0.05) is 0 Å². The number of ether oxygens (including phenoxy) is 1. The summed E-state index contributed by atoms with van der Waals surface area (Å²) in [5.74, 6) is 0.464. The summed E-state index contributed by atoms with van der Waals surface area (Å²) in [5, 5.41) is 9.36. The average Bonchev–Trinajstić information content (AvgIpc) is 2.67. The molecule has 0 N–H and O–H groups in total. The van der Waals surface area contributed by atoms with Crippen molar-refractivity contribution in [2.24, 2.45) is 0 Å². The van der Waals surface area contributed by atoms with Crippen molar-refractivity contribution in [2.75, 3.05) is 0 Å². The molecule has 122 valence electrons. The zero-order chi connectivity index (χ0) is 17.5. The predicted molar refractivity (Wildman–Crippen MR) is 97.1 cm³/mol. The Labute approximate surface area is 146 Å². The van der Waals surface area contributed by atoms with Gasteiger partial charge in [0.25, 0.3) is 0 Å². The third-order valence-electron chi connectivity index (χ3n) is 3.72. The summed E-state index contributed by atoms with van der Waals surface area (Å²) < 4.78 is 18.6. The highest BCUT2D eigenvalue weighted by Gasteiger charge is 2.01. The number of allylic oxidation sites excluding steroid dienone is 1. The molecule has 3 aromatic rings. The molecule has 0 amide bonds. The Hall–Kier alpha value is -3.38. The maximum Gasteiger partial charge on any atom is 0.123 e. The monoisotopic (exact) mass is 329 g/mol. The van der Waals surface area contributed by atoms with E-state index in [0.717, 1.165) is 22.4 Å². The van der Waals surface area contributed by atoms with Gasteiger partial charge in [-0.3, -0.25) is 0 Å². The van der Waals surface area contributed by atoms with E-state index in [4.69, 9.17) is 4.74 Å². The van der Waals surface area contributed by atoms with Crippen LogP contribution in [0.3, 0.4) is 0 Å². The van der Waals surface area contributed by atoms with Crippen LogP contribution in [0.25, 0.3) is 11.6 Å². The topological polar surface area (TPSA) is 33.0 Å². The van der Waals surface area contributed by atoms with E-state index >= 15 is 0 Å². The Kier molecular flexibility index (Phi) is 5.23. The van der Waals surface area contributed by atoms with Gasteiger partial charge in [-0.15, -0.1) is 0 Å². The molecular formula is C22H16FNO. The molecule has 0 saturated carbocycles. The Balaban J connectivity index is 1.68. The number of halogens is 1. The van der Waals surface area contributed by atoms with Crippen LogP contribution in [0.5, 0.6) is 5.75 Å². The van der Waals surface area contributed by atoms with E-state index < -0.39 is 0 Å². The molecule has 0 radical (unpaired) electrons. The SMILES string of the molecule is N#C/C(=C\c1ccc(OCc2ccc(F)cc2)cc1)c1ccccc1. The van der Waals surface area contributed by atoms with Crippen LogP contribution >= 0.6 is 0 Å². The Bertz CT molecular complexity index is 892. The van der Waals surface area contributed by atoms with E-state index in [1.807, 2.05) is 60.7 Å². The smallest absolute Gasteiger partial charge is 0.123 e. The molecule has 25 heavy (non-hydrogen) atoms. The van der Waals surface area contributed by atoms with Crippen LogP contribution in [-0.4, -0.2) is 0 Å². The van der Waals surface area contributed by atoms with Gasteiger partial charge in [-0.2, -0.15) is 5.26 Å². The molecule has 0 heterocycles. The van der Waals surface area contributed by atoms with Crippen LogP contribution in [0.15, 0.2) is 78.9 Å². The fourth-order valence-corrected chi connectivity index (χ4v) is 2.37. The third-order valence-corrected chi connectivity index (χ3v) is 3.72. The lowest BCUT2D eigenvalue weighted by molar-refractivity contribution is 0.306. The van der Waals surface area contributed by atoms with Crippen LogP contribution < -0.4 is 4.74 Å². The third kappa shape index (κ3) is 4.55. The van der Waals surface area contributed by atoms with Crippen molar-refractivity contribution in [3.8, 4) is 11.8 Å². The van der Waals surface area contributed by atoms with E-state index in [1.165, 1.54) is 12.1 Å². The van der Waals surface area contributed by atoms with E-state index in [-0.39, 0.29) is 5.82 Å². The molecule has 2 nitrogen and oxygen atoms in total. The minimum Gasteiger partial charge on any atom is -0.489 e. The van der Waals surface area contributed by atoms with E-state index in [9.17, 15) is 9.65 Å². The molecule has 0 atom stereocenters. The molecule has 3 heteroatoms. The lowest BCUT2D eigenvalue weighted by atomic mass is 10.0. The highest BCUT2D eigenvalue weighted by molar-refractivity contribution is 5.89. The molecule has 3 aromatic carbocycles. The van der Waals surface area contributed by atoms with Crippen molar-refractivity contribution >= 4 is 11.6 Å². The first kappa shape index (κ1) is 16.5. The van der Waals surface area contributed by atoms with Crippen molar-refractivity contribution in [3.63, 3.8) is 0 Å².